The summed E-state index contributed by atoms with van der Waals surface area (Å²) in [6.45, 7) is 2.73. The van der Waals surface area contributed by atoms with Gasteiger partial charge in [-0.3, -0.25) is 4.79 Å². The largest absolute Gasteiger partial charge is 0.399 e. The number of anilines is 1. The molecule has 0 fully saturated rings. The number of carbonyl (C=O) groups is 1. The Balaban J connectivity index is 1.82. The van der Waals surface area contributed by atoms with Crippen LogP contribution in [0.25, 0.3) is 0 Å². The zero-order valence-corrected chi connectivity index (χ0v) is 11.8. The highest BCUT2D eigenvalue weighted by molar-refractivity contribution is 7.14. The number of benzene rings is 1. The minimum Gasteiger partial charge on any atom is -0.399 e. The molecule has 0 saturated heterocycles. The first-order chi connectivity index (χ1) is 9.19. The third-order valence-corrected chi connectivity index (χ3v) is 4.14. The maximum absolute atomic E-state index is 11.9. The summed E-state index contributed by atoms with van der Waals surface area (Å²) in [6, 6.07) is 11.6. The second-order valence-corrected chi connectivity index (χ2v) is 5.54. The van der Waals surface area contributed by atoms with Gasteiger partial charge in [0.15, 0.2) is 0 Å². The summed E-state index contributed by atoms with van der Waals surface area (Å²) in [5, 5.41) is 2.94. The van der Waals surface area contributed by atoms with Crippen LogP contribution in [-0.4, -0.2) is 12.5 Å². The van der Waals surface area contributed by atoms with Gasteiger partial charge in [0.25, 0.3) is 5.91 Å². The van der Waals surface area contributed by atoms with Crippen molar-refractivity contribution in [2.45, 2.75) is 19.8 Å². The third-order valence-electron chi connectivity index (χ3n) is 2.91. The van der Waals surface area contributed by atoms with Gasteiger partial charge in [-0.05, 0) is 42.7 Å². The quantitative estimate of drug-likeness (QED) is 0.824. The number of hydrogen-bond acceptors (Lipinski definition) is 3. The highest BCUT2D eigenvalue weighted by Crippen LogP contribution is 2.16. The second-order valence-electron chi connectivity index (χ2n) is 4.37. The molecule has 2 aromatic rings. The molecule has 100 valence electrons. The number of hydrogen-bond donors (Lipinski definition) is 2. The molecular weight excluding hydrogens is 256 g/mol. The van der Waals surface area contributed by atoms with Crippen LogP contribution < -0.4 is 11.1 Å². The van der Waals surface area contributed by atoms with Crippen molar-refractivity contribution in [3.8, 4) is 0 Å². The molecule has 3 nitrogen and oxygen atoms in total. The molecule has 4 heteroatoms. The fourth-order valence-corrected chi connectivity index (χ4v) is 2.65. The van der Waals surface area contributed by atoms with E-state index in [0.29, 0.717) is 6.54 Å². The molecule has 0 aliphatic heterocycles. The van der Waals surface area contributed by atoms with E-state index in [4.69, 9.17) is 5.73 Å². The molecule has 1 amide bonds. The maximum atomic E-state index is 11.9. The minimum absolute atomic E-state index is 0.0140. The lowest BCUT2D eigenvalue weighted by Gasteiger charge is -2.04. The molecule has 0 saturated carbocycles. The first kappa shape index (κ1) is 13.6. The number of thiophene rings is 1. The third kappa shape index (κ3) is 3.83. The van der Waals surface area contributed by atoms with Crippen molar-refractivity contribution in [1.82, 2.24) is 5.32 Å². The van der Waals surface area contributed by atoms with Crippen LogP contribution in [0.1, 0.15) is 27.0 Å². The average Bonchev–Trinajstić information content (AvgIpc) is 2.90. The lowest BCUT2D eigenvalue weighted by molar-refractivity contribution is 0.0958. The number of aryl methyl sites for hydroxylation is 1. The summed E-state index contributed by atoms with van der Waals surface area (Å²) in [7, 11) is 0. The van der Waals surface area contributed by atoms with Crippen molar-refractivity contribution >= 4 is 22.9 Å². The molecule has 0 bridgehead atoms. The summed E-state index contributed by atoms with van der Waals surface area (Å²) in [4.78, 5) is 13.9. The van der Waals surface area contributed by atoms with Gasteiger partial charge >= 0.3 is 0 Å². The van der Waals surface area contributed by atoms with Crippen molar-refractivity contribution in [1.29, 1.82) is 0 Å². The summed E-state index contributed by atoms with van der Waals surface area (Å²) in [5.41, 5.74) is 7.57. The number of nitrogens with one attached hydrogen (secondary N) is 1. The van der Waals surface area contributed by atoms with Gasteiger partial charge in [0.05, 0.1) is 4.88 Å². The molecule has 0 spiro atoms. The highest BCUT2D eigenvalue weighted by Gasteiger charge is 2.07. The fourth-order valence-electron chi connectivity index (χ4n) is 1.78. The fraction of sp³-hybridized carbons (Fsp3) is 0.267. The van der Waals surface area contributed by atoms with E-state index >= 15 is 0 Å². The molecule has 0 aliphatic carbocycles. The lowest BCUT2D eigenvalue weighted by atomic mass is 10.1. The summed E-state index contributed by atoms with van der Waals surface area (Å²) in [6.07, 6.45) is 1.79. The smallest absolute Gasteiger partial charge is 0.261 e. The predicted molar refractivity (Wildman–Crippen MR) is 80.6 cm³/mol. The van der Waals surface area contributed by atoms with Crippen molar-refractivity contribution in [2.24, 2.45) is 0 Å². The number of carbonyl (C=O) groups excluding carboxylic acids is 1. The van der Waals surface area contributed by atoms with Crippen LogP contribution in [-0.2, 0) is 12.8 Å². The Kier molecular flexibility index (Phi) is 4.58. The van der Waals surface area contributed by atoms with E-state index in [1.165, 1.54) is 10.4 Å². The normalized spacial score (nSPS) is 10.4. The Morgan fingerprint density at radius 3 is 2.58 bits per heavy atom. The monoisotopic (exact) mass is 274 g/mol. The second kappa shape index (κ2) is 6.38. The SMILES string of the molecule is CCc1ccc(C(=O)NCCc2ccc(N)cc2)s1. The van der Waals surface area contributed by atoms with Gasteiger partial charge in [-0.15, -0.1) is 11.3 Å². The minimum atomic E-state index is 0.0140. The van der Waals surface area contributed by atoms with Crippen LogP contribution in [0.15, 0.2) is 36.4 Å². The van der Waals surface area contributed by atoms with Gasteiger partial charge in [-0.25, -0.2) is 0 Å². The van der Waals surface area contributed by atoms with Crippen LogP contribution in [0, 0.1) is 0 Å². The maximum Gasteiger partial charge on any atom is 0.261 e. The topological polar surface area (TPSA) is 55.1 Å². The molecule has 0 unspecified atom stereocenters. The predicted octanol–water partition coefficient (Wildman–Crippen LogP) is 2.87. The van der Waals surface area contributed by atoms with E-state index in [9.17, 15) is 4.79 Å². The van der Waals surface area contributed by atoms with E-state index < -0.39 is 0 Å². The van der Waals surface area contributed by atoms with Crippen molar-refractivity contribution in [2.75, 3.05) is 12.3 Å². The zero-order valence-electron chi connectivity index (χ0n) is 11.0. The molecule has 1 heterocycles. The van der Waals surface area contributed by atoms with Crippen molar-refractivity contribution < 1.29 is 4.79 Å². The number of rotatable bonds is 5. The van der Waals surface area contributed by atoms with E-state index in [0.717, 1.165) is 23.4 Å². The van der Waals surface area contributed by atoms with Gasteiger partial charge in [-0.1, -0.05) is 19.1 Å². The summed E-state index contributed by atoms with van der Waals surface area (Å²) < 4.78 is 0. The Bertz CT molecular complexity index is 546. The Morgan fingerprint density at radius 1 is 1.21 bits per heavy atom. The van der Waals surface area contributed by atoms with Gasteiger partial charge < -0.3 is 11.1 Å². The van der Waals surface area contributed by atoms with E-state index in [1.807, 2.05) is 36.4 Å². The standard InChI is InChI=1S/C15H18N2OS/c1-2-13-7-8-14(19-13)15(18)17-10-9-11-3-5-12(16)6-4-11/h3-8H,2,9-10,16H2,1H3,(H,17,18). The molecule has 1 aromatic carbocycles. The zero-order chi connectivity index (χ0) is 13.7. The average molecular weight is 274 g/mol. The van der Waals surface area contributed by atoms with Crippen LogP contribution in [0.3, 0.4) is 0 Å². The number of nitrogen functional groups attached to an aromatic ring is 1. The first-order valence-corrected chi connectivity index (χ1v) is 7.22. The van der Waals surface area contributed by atoms with Crippen LogP contribution in [0.2, 0.25) is 0 Å². The summed E-state index contributed by atoms with van der Waals surface area (Å²) >= 11 is 1.56. The molecule has 0 aliphatic rings. The van der Waals surface area contributed by atoms with Crippen LogP contribution in [0.5, 0.6) is 0 Å². The highest BCUT2D eigenvalue weighted by atomic mass is 32.1. The van der Waals surface area contributed by atoms with Gasteiger partial charge in [0.2, 0.25) is 0 Å². The van der Waals surface area contributed by atoms with Crippen LogP contribution >= 0.6 is 11.3 Å². The van der Waals surface area contributed by atoms with Crippen molar-refractivity contribution in [3.63, 3.8) is 0 Å². The number of nitrogens with two attached hydrogens (primary N) is 1. The lowest BCUT2D eigenvalue weighted by Crippen LogP contribution is -2.24. The Morgan fingerprint density at radius 2 is 1.95 bits per heavy atom. The molecular formula is C15H18N2OS. The molecule has 0 atom stereocenters. The van der Waals surface area contributed by atoms with Crippen molar-refractivity contribution in [3.05, 3.63) is 51.7 Å². The number of amides is 1. The van der Waals surface area contributed by atoms with E-state index in [-0.39, 0.29) is 5.91 Å². The Hall–Kier alpha value is -1.81. The molecule has 0 radical (unpaired) electrons. The van der Waals surface area contributed by atoms with E-state index in [1.54, 1.807) is 11.3 Å². The van der Waals surface area contributed by atoms with Gasteiger partial charge in [0, 0.05) is 17.1 Å². The molecule has 1 aromatic heterocycles. The first-order valence-electron chi connectivity index (χ1n) is 6.40. The van der Waals surface area contributed by atoms with Crippen LogP contribution in [0.4, 0.5) is 5.69 Å². The van der Waals surface area contributed by atoms with Gasteiger partial charge in [0.1, 0.15) is 0 Å². The Labute approximate surface area is 117 Å². The molecule has 3 N–H and O–H groups in total. The van der Waals surface area contributed by atoms with E-state index in [2.05, 4.69) is 12.2 Å². The molecule has 2 rings (SSSR count). The van der Waals surface area contributed by atoms with Gasteiger partial charge in [-0.2, -0.15) is 0 Å². The summed E-state index contributed by atoms with van der Waals surface area (Å²) in [5.74, 6) is 0.0140. The molecule has 19 heavy (non-hydrogen) atoms.